The van der Waals surface area contributed by atoms with E-state index in [2.05, 4.69) is 23.9 Å². The smallest absolute Gasteiger partial charge is 0.253 e. The van der Waals surface area contributed by atoms with Crippen molar-refractivity contribution in [1.29, 1.82) is 0 Å². The third-order valence-corrected chi connectivity index (χ3v) is 3.95. The van der Waals surface area contributed by atoms with Crippen molar-refractivity contribution in [2.45, 2.75) is 20.3 Å². The second-order valence-electron chi connectivity index (χ2n) is 6.04. The van der Waals surface area contributed by atoms with Crippen LogP contribution < -0.4 is 0 Å². The van der Waals surface area contributed by atoms with E-state index in [1.807, 2.05) is 29.2 Å². The van der Waals surface area contributed by atoms with E-state index in [9.17, 15) is 4.79 Å². The number of piperidine rings is 1. The fraction of sp³-hybridized carbons (Fsp3) is 0.438. The summed E-state index contributed by atoms with van der Waals surface area (Å²) in [6.45, 7) is 6.13. The first kappa shape index (κ1) is 13.8. The van der Waals surface area contributed by atoms with Crippen molar-refractivity contribution in [2.24, 2.45) is 11.8 Å². The number of hydrogen-bond acceptors (Lipinski definition) is 3. The first-order chi connectivity index (χ1) is 10.1. The highest BCUT2D eigenvalue weighted by molar-refractivity contribution is 5.94. The molecule has 0 bridgehead atoms. The molecule has 1 saturated heterocycles. The Kier molecular flexibility index (Phi) is 3.73. The van der Waals surface area contributed by atoms with Gasteiger partial charge >= 0.3 is 0 Å². The highest BCUT2D eigenvalue weighted by Crippen LogP contribution is 2.22. The number of amides is 1. The molecule has 1 aromatic carbocycles. The van der Waals surface area contributed by atoms with Crippen molar-refractivity contribution in [3.05, 3.63) is 42.5 Å². The molecule has 2 heterocycles. The van der Waals surface area contributed by atoms with Crippen LogP contribution in [0.1, 0.15) is 30.6 Å². The van der Waals surface area contributed by atoms with Crippen LogP contribution in [0.5, 0.6) is 0 Å². The molecule has 0 saturated carbocycles. The minimum absolute atomic E-state index is 0.124. The number of likely N-dealkylation sites (tertiary alicyclic amines) is 1. The SMILES string of the molecule is CC1CC(C)CN(C(=O)c2ccc(-n3cncn3)cc2)C1. The first-order valence-corrected chi connectivity index (χ1v) is 7.38. The fourth-order valence-electron chi connectivity index (χ4n) is 3.11. The molecule has 5 nitrogen and oxygen atoms in total. The highest BCUT2D eigenvalue weighted by atomic mass is 16.2. The fourth-order valence-corrected chi connectivity index (χ4v) is 3.11. The van der Waals surface area contributed by atoms with Gasteiger partial charge in [0.05, 0.1) is 5.69 Å². The number of hydrogen-bond donors (Lipinski definition) is 0. The summed E-state index contributed by atoms with van der Waals surface area (Å²) in [5.41, 5.74) is 1.64. The summed E-state index contributed by atoms with van der Waals surface area (Å²) in [6.07, 6.45) is 4.34. The number of carbonyl (C=O) groups excluding carboxylic acids is 1. The van der Waals surface area contributed by atoms with E-state index in [4.69, 9.17) is 0 Å². The van der Waals surface area contributed by atoms with E-state index < -0.39 is 0 Å². The standard InChI is InChI=1S/C16H20N4O/c1-12-7-13(2)9-19(8-12)16(21)14-3-5-15(6-4-14)20-11-17-10-18-20/h3-6,10-13H,7-9H2,1-2H3. The summed E-state index contributed by atoms with van der Waals surface area (Å²) in [5.74, 6) is 1.28. The van der Waals surface area contributed by atoms with Crippen LogP contribution in [0.3, 0.4) is 0 Å². The number of rotatable bonds is 2. The summed E-state index contributed by atoms with van der Waals surface area (Å²) in [6, 6.07) is 7.53. The van der Waals surface area contributed by atoms with Crippen LogP contribution in [-0.2, 0) is 0 Å². The lowest BCUT2D eigenvalue weighted by molar-refractivity contribution is 0.0623. The molecular weight excluding hydrogens is 264 g/mol. The van der Waals surface area contributed by atoms with Crippen LogP contribution in [0.2, 0.25) is 0 Å². The molecule has 110 valence electrons. The van der Waals surface area contributed by atoms with Gasteiger partial charge in [0, 0.05) is 18.7 Å². The molecule has 0 N–H and O–H groups in total. The molecule has 0 spiro atoms. The predicted octanol–water partition coefficient (Wildman–Crippen LogP) is 2.39. The Morgan fingerprint density at radius 2 is 1.81 bits per heavy atom. The van der Waals surface area contributed by atoms with E-state index >= 15 is 0 Å². The van der Waals surface area contributed by atoms with Crippen LogP contribution >= 0.6 is 0 Å². The van der Waals surface area contributed by atoms with Crippen molar-refractivity contribution in [1.82, 2.24) is 19.7 Å². The van der Waals surface area contributed by atoms with Crippen LogP contribution in [-0.4, -0.2) is 38.7 Å². The highest BCUT2D eigenvalue weighted by Gasteiger charge is 2.25. The molecule has 1 aliphatic heterocycles. The zero-order valence-electron chi connectivity index (χ0n) is 12.4. The van der Waals surface area contributed by atoms with E-state index in [1.54, 1.807) is 11.0 Å². The maximum Gasteiger partial charge on any atom is 0.253 e. The molecule has 2 aromatic rings. The molecule has 2 atom stereocenters. The van der Waals surface area contributed by atoms with E-state index in [1.165, 1.54) is 12.7 Å². The number of aromatic nitrogens is 3. The molecule has 2 unspecified atom stereocenters. The first-order valence-electron chi connectivity index (χ1n) is 7.38. The third-order valence-electron chi connectivity index (χ3n) is 3.95. The Hall–Kier alpha value is -2.17. The Morgan fingerprint density at radius 3 is 2.38 bits per heavy atom. The molecule has 21 heavy (non-hydrogen) atoms. The average Bonchev–Trinajstić information content (AvgIpc) is 3.00. The maximum atomic E-state index is 12.6. The van der Waals surface area contributed by atoms with Crippen LogP contribution in [0, 0.1) is 11.8 Å². The number of benzene rings is 1. The summed E-state index contributed by atoms with van der Waals surface area (Å²) in [5, 5.41) is 4.08. The summed E-state index contributed by atoms with van der Waals surface area (Å²) in [4.78, 5) is 18.5. The van der Waals surface area contributed by atoms with Crippen molar-refractivity contribution in [3.63, 3.8) is 0 Å². The van der Waals surface area contributed by atoms with Gasteiger partial charge < -0.3 is 4.90 Å². The molecule has 3 rings (SSSR count). The van der Waals surface area contributed by atoms with Gasteiger partial charge in [-0.25, -0.2) is 9.67 Å². The van der Waals surface area contributed by atoms with Crippen LogP contribution in [0.4, 0.5) is 0 Å². The second kappa shape index (κ2) is 5.68. The summed E-state index contributed by atoms with van der Waals surface area (Å²) >= 11 is 0. The summed E-state index contributed by atoms with van der Waals surface area (Å²) < 4.78 is 1.68. The van der Waals surface area contributed by atoms with Crippen molar-refractivity contribution >= 4 is 5.91 Å². The lowest BCUT2D eigenvalue weighted by Gasteiger charge is -2.35. The molecule has 0 aliphatic carbocycles. The van der Waals surface area contributed by atoms with Gasteiger partial charge in [-0.15, -0.1) is 0 Å². The Labute approximate surface area is 124 Å². The van der Waals surface area contributed by atoms with Gasteiger partial charge in [-0.3, -0.25) is 4.79 Å². The largest absolute Gasteiger partial charge is 0.338 e. The van der Waals surface area contributed by atoms with Gasteiger partial charge in [-0.1, -0.05) is 13.8 Å². The van der Waals surface area contributed by atoms with E-state index in [0.29, 0.717) is 11.8 Å². The molecule has 1 amide bonds. The lowest BCUT2D eigenvalue weighted by Crippen LogP contribution is -2.42. The monoisotopic (exact) mass is 284 g/mol. The predicted molar refractivity (Wildman–Crippen MR) is 80.2 cm³/mol. The Balaban J connectivity index is 1.76. The quantitative estimate of drug-likeness (QED) is 0.851. The minimum Gasteiger partial charge on any atom is -0.338 e. The lowest BCUT2D eigenvalue weighted by atomic mass is 9.91. The van der Waals surface area contributed by atoms with Crippen LogP contribution in [0.15, 0.2) is 36.9 Å². The maximum absolute atomic E-state index is 12.6. The molecule has 5 heteroatoms. The van der Waals surface area contributed by atoms with Gasteiger partial charge in [0.2, 0.25) is 0 Å². The normalized spacial score (nSPS) is 22.3. The minimum atomic E-state index is 0.124. The van der Waals surface area contributed by atoms with E-state index in [-0.39, 0.29) is 5.91 Å². The van der Waals surface area contributed by atoms with Crippen molar-refractivity contribution in [3.8, 4) is 5.69 Å². The molecule has 0 radical (unpaired) electrons. The van der Waals surface area contributed by atoms with Gasteiger partial charge in [-0.05, 0) is 42.5 Å². The summed E-state index contributed by atoms with van der Waals surface area (Å²) in [7, 11) is 0. The zero-order valence-corrected chi connectivity index (χ0v) is 12.4. The zero-order chi connectivity index (χ0) is 14.8. The number of nitrogens with zero attached hydrogens (tertiary/aromatic N) is 4. The van der Waals surface area contributed by atoms with Gasteiger partial charge in [0.25, 0.3) is 5.91 Å². The molecule has 1 aliphatic rings. The van der Waals surface area contributed by atoms with Crippen molar-refractivity contribution in [2.75, 3.05) is 13.1 Å². The number of carbonyl (C=O) groups is 1. The Morgan fingerprint density at radius 1 is 1.14 bits per heavy atom. The van der Waals surface area contributed by atoms with Crippen LogP contribution in [0.25, 0.3) is 5.69 Å². The molecular formula is C16H20N4O. The Bertz CT molecular complexity index is 596. The van der Waals surface area contributed by atoms with Gasteiger partial charge in [-0.2, -0.15) is 5.10 Å². The van der Waals surface area contributed by atoms with Crippen molar-refractivity contribution < 1.29 is 4.79 Å². The molecule has 1 aromatic heterocycles. The third kappa shape index (κ3) is 2.96. The molecule has 1 fully saturated rings. The van der Waals surface area contributed by atoms with Gasteiger partial charge in [0.15, 0.2) is 0 Å². The topological polar surface area (TPSA) is 51.0 Å². The second-order valence-corrected chi connectivity index (χ2v) is 6.04. The van der Waals surface area contributed by atoms with Gasteiger partial charge in [0.1, 0.15) is 12.7 Å². The average molecular weight is 284 g/mol. The van der Waals surface area contributed by atoms with E-state index in [0.717, 1.165) is 24.3 Å².